The van der Waals surface area contributed by atoms with Crippen LogP contribution in [0.2, 0.25) is 0 Å². The first-order valence-corrected chi connectivity index (χ1v) is 8.23. The number of carbonyl (C=O) groups excluding carboxylic acids is 1. The molecule has 0 spiro atoms. The van der Waals surface area contributed by atoms with Gasteiger partial charge in [0.15, 0.2) is 5.78 Å². The zero-order valence-electron chi connectivity index (χ0n) is 14.5. The van der Waals surface area contributed by atoms with Crippen molar-refractivity contribution in [2.75, 3.05) is 5.32 Å². The number of aryl methyl sites for hydroxylation is 1. The van der Waals surface area contributed by atoms with Gasteiger partial charge in [0.05, 0.1) is 17.3 Å². The Kier molecular flexibility index (Phi) is 4.93. The van der Waals surface area contributed by atoms with Gasteiger partial charge in [-0.1, -0.05) is 12.1 Å². The van der Waals surface area contributed by atoms with Gasteiger partial charge >= 0.3 is 0 Å². The summed E-state index contributed by atoms with van der Waals surface area (Å²) in [4.78, 5) is 24.5. The highest BCUT2D eigenvalue weighted by molar-refractivity contribution is 6.00. The number of anilines is 2. The highest BCUT2D eigenvalue weighted by Gasteiger charge is 2.16. The maximum Gasteiger partial charge on any atom is 0.275 e. The molecule has 1 N–H and O–H groups in total. The van der Waals surface area contributed by atoms with E-state index < -0.39 is 0 Å². The van der Waals surface area contributed by atoms with E-state index in [1.807, 2.05) is 6.92 Å². The fourth-order valence-electron chi connectivity index (χ4n) is 2.68. The van der Waals surface area contributed by atoms with E-state index in [0.717, 1.165) is 11.4 Å². The van der Waals surface area contributed by atoms with Crippen LogP contribution in [0.15, 0.2) is 59.5 Å². The summed E-state index contributed by atoms with van der Waals surface area (Å²) in [5, 5.41) is 7.18. The summed E-state index contributed by atoms with van der Waals surface area (Å²) in [5.74, 6) is -0.506. The summed E-state index contributed by atoms with van der Waals surface area (Å²) in [6.07, 6.45) is 1.44. The molecule has 1 heterocycles. The number of hydrogen-bond acceptors (Lipinski definition) is 4. The Bertz CT molecular complexity index is 993. The molecule has 0 saturated heterocycles. The number of aromatic nitrogens is 2. The Morgan fingerprint density at radius 2 is 1.65 bits per heavy atom. The van der Waals surface area contributed by atoms with Crippen molar-refractivity contribution >= 4 is 17.2 Å². The summed E-state index contributed by atoms with van der Waals surface area (Å²) >= 11 is 0. The molecule has 0 aliphatic rings. The van der Waals surface area contributed by atoms with Gasteiger partial charge in [-0.25, -0.2) is 9.07 Å². The summed E-state index contributed by atoms with van der Waals surface area (Å²) in [6, 6.07) is 13.2. The molecule has 1 aromatic heterocycles. The normalized spacial score (nSPS) is 10.6. The van der Waals surface area contributed by atoms with Crippen molar-refractivity contribution in [3.8, 4) is 11.1 Å². The lowest BCUT2D eigenvalue weighted by atomic mass is 10.0. The predicted octanol–water partition coefficient (Wildman–Crippen LogP) is 4.02. The number of rotatable bonds is 5. The second-order valence-corrected chi connectivity index (χ2v) is 5.82. The molecule has 5 nitrogen and oxygen atoms in total. The van der Waals surface area contributed by atoms with Crippen molar-refractivity contribution in [2.24, 2.45) is 0 Å². The number of benzene rings is 2. The number of ketones is 1. The van der Waals surface area contributed by atoms with Crippen molar-refractivity contribution in [1.82, 2.24) is 9.78 Å². The van der Waals surface area contributed by atoms with Gasteiger partial charge in [0, 0.05) is 17.9 Å². The van der Waals surface area contributed by atoms with E-state index >= 15 is 0 Å². The lowest BCUT2D eigenvalue weighted by Crippen LogP contribution is -2.25. The number of nitrogens with zero attached hydrogens (tertiary/aromatic N) is 2. The highest BCUT2D eigenvalue weighted by Crippen LogP contribution is 2.24. The van der Waals surface area contributed by atoms with Crippen LogP contribution < -0.4 is 10.9 Å². The third kappa shape index (κ3) is 3.54. The van der Waals surface area contributed by atoms with Crippen molar-refractivity contribution < 1.29 is 9.18 Å². The van der Waals surface area contributed by atoms with Gasteiger partial charge in [-0.15, -0.1) is 0 Å². The zero-order valence-corrected chi connectivity index (χ0v) is 14.5. The Hall–Kier alpha value is -3.28. The quantitative estimate of drug-likeness (QED) is 0.705. The minimum Gasteiger partial charge on any atom is -0.356 e. The second kappa shape index (κ2) is 7.31. The average molecular weight is 351 g/mol. The van der Waals surface area contributed by atoms with Crippen molar-refractivity contribution in [3.05, 3.63) is 76.5 Å². The zero-order chi connectivity index (χ0) is 18.7. The lowest BCUT2D eigenvalue weighted by Gasteiger charge is -2.11. The van der Waals surface area contributed by atoms with Crippen LogP contribution in [0.1, 0.15) is 24.2 Å². The van der Waals surface area contributed by atoms with Gasteiger partial charge in [-0.05, 0) is 55.8 Å². The topological polar surface area (TPSA) is 64.0 Å². The Balaban J connectivity index is 1.97. The molecule has 0 saturated carbocycles. The molecule has 0 unspecified atom stereocenters. The molecule has 6 heteroatoms. The van der Waals surface area contributed by atoms with E-state index in [0.29, 0.717) is 23.2 Å². The van der Waals surface area contributed by atoms with Crippen LogP contribution in [-0.4, -0.2) is 15.6 Å². The van der Waals surface area contributed by atoms with Gasteiger partial charge in [0.2, 0.25) is 0 Å². The summed E-state index contributed by atoms with van der Waals surface area (Å²) in [7, 11) is 0. The van der Waals surface area contributed by atoms with E-state index in [1.165, 1.54) is 29.9 Å². The number of nitrogens with one attached hydrogen (secondary N) is 1. The molecule has 132 valence electrons. The Morgan fingerprint density at radius 1 is 1.08 bits per heavy atom. The van der Waals surface area contributed by atoms with Crippen LogP contribution in [-0.2, 0) is 6.54 Å². The van der Waals surface area contributed by atoms with E-state index in [9.17, 15) is 14.0 Å². The van der Waals surface area contributed by atoms with Gasteiger partial charge in [0.1, 0.15) is 5.82 Å². The van der Waals surface area contributed by atoms with Gasteiger partial charge in [-0.2, -0.15) is 5.10 Å². The first-order chi connectivity index (χ1) is 12.5. The standard InChI is InChI=1S/C20H18FN3O2/c1-3-24-20(26)19(18(12-22-24)13(2)25)14-4-8-16(9-5-14)23-17-10-6-15(21)7-11-17/h4-12,23H,3H2,1-2H3. The molecule has 2 aromatic carbocycles. The first kappa shape index (κ1) is 17.5. The van der Waals surface area contributed by atoms with Crippen molar-refractivity contribution in [1.29, 1.82) is 0 Å². The maximum atomic E-state index is 13.0. The average Bonchev–Trinajstić information content (AvgIpc) is 2.64. The predicted molar refractivity (Wildman–Crippen MR) is 99.3 cm³/mol. The fourth-order valence-corrected chi connectivity index (χ4v) is 2.68. The third-order valence-corrected chi connectivity index (χ3v) is 4.03. The molecular weight excluding hydrogens is 333 g/mol. The highest BCUT2D eigenvalue weighted by atomic mass is 19.1. The molecule has 0 aliphatic heterocycles. The monoisotopic (exact) mass is 351 g/mol. The minimum atomic E-state index is -0.299. The number of Topliss-reactive ketones (excluding diaryl/α,β-unsaturated/α-hetero) is 1. The SMILES string of the molecule is CCn1ncc(C(C)=O)c(-c2ccc(Nc3ccc(F)cc3)cc2)c1=O. The van der Waals surface area contributed by atoms with E-state index in [1.54, 1.807) is 36.4 Å². The van der Waals surface area contributed by atoms with E-state index in [-0.39, 0.29) is 17.2 Å². The Labute approximate surface area is 150 Å². The van der Waals surface area contributed by atoms with Gasteiger partial charge < -0.3 is 5.32 Å². The summed E-state index contributed by atoms with van der Waals surface area (Å²) in [6.45, 7) is 3.66. The first-order valence-electron chi connectivity index (χ1n) is 8.23. The van der Waals surface area contributed by atoms with Crippen molar-refractivity contribution in [2.45, 2.75) is 20.4 Å². The molecule has 0 atom stereocenters. The second-order valence-electron chi connectivity index (χ2n) is 5.82. The summed E-state index contributed by atoms with van der Waals surface area (Å²) < 4.78 is 14.3. The molecule has 0 radical (unpaired) electrons. The molecule has 0 aliphatic carbocycles. The third-order valence-electron chi connectivity index (χ3n) is 4.03. The molecule has 0 fully saturated rings. The van der Waals surface area contributed by atoms with E-state index in [2.05, 4.69) is 10.4 Å². The van der Waals surface area contributed by atoms with Crippen LogP contribution >= 0.6 is 0 Å². The number of carbonyl (C=O) groups is 1. The molecule has 26 heavy (non-hydrogen) atoms. The van der Waals surface area contributed by atoms with Crippen LogP contribution in [0, 0.1) is 5.82 Å². The van der Waals surface area contributed by atoms with Crippen LogP contribution in [0.25, 0.3) is 11.1 Å². The van der Waals surface area contributed by atoms with Crippen LogP contribution in [0.3, 0.4) is 0 Å². The smallest absolute Gasteiger partial charge is 0.275 e. The molecule has 3 aromatic rings. The number of halogens is 1. The lowest BCUT2D eigenvalue weighted by molar-refractivity contribution is 0.101. The van der Waals surface area contributed by atoms with Crippen molar-refractivity contribution in [3.63, 3.8) is 0 Å². The van der Waals surface area contributed by atoms with E-state index in [4.69, 9.17) is 0 Å². The Morgan fingerprint density at radius 3 is 2.19 bits per heavy atom. The summed E-state index contributed by atoms with van der Waals surface area (Å²) in [5.41, 5.74) is 2.55. The van der Waals surface area contributed by atoms with Crippen LogP contribution in [0.4, 0.5) is 15.8 Å². The largest absolute Gasteiger partial charge is 0.356 e. The fraction of sp³-hybridized carbons (Fsp3) is 0.150. The molecule has 3 rings (SSSR count). The molecular formula is C20H18FN3O2. The molecule has 0 bridgehead atoms. The maximum absolute atomic E-state index is 13.0. The molecule has 0 amide bonds. The number of hydrogen-bond donors (Lipinski definition) is 1. The van der Waals surface area contributed by atoms with Crippen LogP contribution in [0.5, 0.6) is 0 Å². The minimum absolute atomic E-state index is 0.207. The van der Waals surface area contributed by atoms with Gasteiger partial charge in [-0.3, -0.25) is 9.59 Å². The van der Waals surface area contributed by atoms with Gasteiger partial charge in [0.25, 0.3) is 5.56 Å².